The number of imidazole rings is 1. The van der Waals surface area contributed by atoms with Crippen LogP contribution in [0.15, 0.2) is 36.7 Å². The van der Waals surface area contributed by atoms with Crippen molar-refractivity contribution in [1.82, 2.24) is 24.6 Å². The number of nitrogens with two attached hydrogens (primary N) is 2. The number of para-hydroxylation sites is 1. The van der Waals surface area contributed by atoms with Crippen LogP contribution in [0.5, 0.6) is 5.75 Å². The number of nitrogens with zero attached hydrogens (tertiary/aromatic N) is 4. The first-order valence-electron chi connectivity index (χ1n) is 10.7. The van der Waals surface area contributed by atoms with E-state index >= 15 is 0 Å². The fourth-order valence-corrected chi connectivity index (χ4v) is 4.75. The fourth-order valence-electron chi connectivity index (χ4n) is 3.27. The van der Waals surface area contributed by atoms with Crippen LogP contribution in [0.2, 0.25) is 0 Å². The summed E-state index contributed by atoms with van der Waals surface area (Å²) in [6.07, 6.45) is -0.0391. The minimum absolute atomic E-state index is 0.00339. The maximum Gasteiger partial charge on any atom is 0.459 e. The van der Waals surface area contributed by atoms with Gasteiger partial charge in [-0.1, -0.05) is 18.2 Å². The second-order valence-corrected chi connectivity index (χ2v) is 9.14. The zero-order chi connectivity index (χ0) is 25.0. The number of hydrogen-bond acceptors (Lipinski definition) is 12. The Labute approximate surface area is 200 Å². The number of benzene rings is 1. The average molecular weight is 507 g/mol. The molecule has 3 heterocycles. The summed E-state index contributed by atoms with van der Waals surface area (Å²) in [5.41, 5.74) is 12.3. The molecule has 0 aliphatic carbocycles. The lowest BCUT2D eigenvalue weighted by molar-refractivity contribution is -0.144. The molecular weight excluding hydrogens is 481 g/mol. The maximum absolute atomic E-state index is 13.5. The highest BCUT2D eigenvalue weighted by Crippen LogP contribution is 2.45. The molecule has 1 aliphatic heterocycles. The number of nitrogens with one attached hydrogen (secondary N) is 1. The van der Waals surface area contributed by atoms with Crippen LogP contribution >= 0.6 is 7.75 Å². The zero-order valence-corrected chi connectivity index (χ0v) is 20.0. The minimum Gasteiger partial charge on any atom is -0.465 e. The molecular formula is C20H26N7O7P. The van der Waals surface area contributed by atoms with Gasteiger partial charge in [-0.3, -0.25) is 13.9 Å². The van der Waals surface area contributed by atoms with Gasteiger partial charge in [0, 0.05) is 0 Å². The summed E-state index contributed by atoms with van der Waals surface area (Å²) in [5, 5.41) is 2.59. The van der Waals surface area contributed by atoms with Crippen LogP contribution in [0.3, 0.4) is 0 Å². The summed E-state index contributed by atoms with van der Waals surface area (Å²) in [6, 6.07) is 7.44. The molecule has 0 bridgehead atoms. The van der Waals surface area contributed by atoms with E-state index in [0.29, 0.717) is 11.2 Å². The number of carbonyl (C=O) groups is 1. The van der Waals surface area contributed by atoms with Crippen molar-refractivity contribution in [1.29, 1.82) is 0 Å². The van der Waals surface area contributed by atoms with Crippen molar-refractivity contribution in [2.24, 2.45) is 0 Å². The normalized spacial score (nSPS) is 20.4. The van der Waals surface area contributed by atoms with Crippen LogP contribution in [0.1, 0.15) is 20.1 Å². The van der Waals surface area contributed by atoms with Gasteiger partial charge < -0.3 is 30.2 Å². The van der Waals surface area contributed by atoms with E-state index in [1.807, 2.05) is 0 Å². The molecule has 188 valence electrons. The summed E-state index contributed by atoms with van der Waals surface area (Å²) >= 11 is 0. The summed E-state index contributed by atoms with van der Waals surface area (Å²) < 4.78 is 42.7. The predicted molar refractivity (Wildman–Crippen MR) is 124 cm³/mol. The Morgan fingerprint density at radius 1 is 1.31 bits per heavy atom. The highest BCUT2D eigenvalue weighted by molar-refractivity contribution is 7.52. The number of hydrogen-bond donors (Lipinski definition) is 3. The molecule has 5 N–H and O–H groups in total. The zero-order valence-electron chi connectivity index (χ0n) is 19.1. The summed E-state index contributed by atoms with van der Waals surface area (Å²) in [4.78, 5) is 24.3. The molecule has 0 radical (unpaired) electrons. The second kappa shape index (κ2) is 10.5. The third kappa shape index (κ3) is 5.86. The van der Waals surface area contributed by atoms with Crippen molar-refractivity contribution in [2.45, 2.75) is 32.4 Å². The first-order valence-corrected chi connectivity index (χ1v) is 12.3. The lowest BCUT2D eigenvalue weighted by Gasteiger charge is -2.23. The number of rotatable bonds is 10. The predicted octanol–water partition coefficient (Wildman–Crippen LogP) is 1.61. The molecule has 14 nitrogen and oxygen atoms in total. The van der Waals surface area contributed by atoms with Gasteiger partial charge in [-0.25, -0.2) is 9.55 Å². The van der Waals surface area contributed by atoms with Crippen LogP contribution in [-0.2, 0) is 28.1 Å². The second-order valence-electron chi connectivity index (χ2n) is 7.45. The summed E-state index contributed by atoms with van der Waals surface area (Å²) in [5.74, 6) is -0.179. The molecule has 1 saturated heterocycles. The molecule has 35 heavy (non-hydrogen) atoms. The quantitative estimate of drug-likeness (QED) is 0.265. The van der Waals surface area contributed by atoms with Gasteiger partial charge in [-0.15, -0.1) is 0 Å². The van der Waals surface area contributed by atoms with Gasteiger partial charge in [0.2, 0.25) is 5.95 Å². The minimum atomic E-state index is -4.04. The summed E-state index contributed by atoms with van der Waals surface area (Å²) in [7, 11) is -4.04. The van der Waals surface area contributed by atoms with Crippen molar-refractivity contribution in [3.63, 3.8) is 0 Å². The first kappa shape index (κ1) is 24.8. The van der Waals surface area contributed by atoms with Crippen molar-refractivity contribution in [3.8, 4) is 5.75 Å². The van der Waals surface area contributed by atoms with E-state index in [1.54, 1.807) is 41.8 Å². The number of esters is 1. The van der Waals surface area contributed by atoms with E-state index < -0.39 is 32.3 Å². The lowest BCUT2D eigenvalue weighted by atomic mass is 10.3. The third-order valence-corrected chi connectivity index (χ3v) is 6.49. The number of aromatic nitrogens is 4. The van der Waals surface area contributed by atoms with Crippen molar-refractivity contribution in [2.75, 3.05) is 31.3 Å². The van der Waals surface area contributed by atoms with Crippen LogP contribution in [0.25, 0.3) is 11.2 Å². The lowest BCUT2D eigenvalue weighted by Crippen LogP contribution is -2.35. The molecule has 15 heteroatoms. The Balaban J connectivity index is 1.44. The standard InChI is InChI=1S/C20H26N7O7P/c1-3-30-19(28)12(2)26-35(29,34-13-7-5-4-6-8-13)32-10-15-31-9-14(33-15)27-11-23-16-17(21)24-20(22)25-18(16)27/h4-8,11-12,14-15H,3,9-10H2,1-2H3,(H,26,29)(H4,21,22,24,25)/t12-,14-,15?,35?/m1/s1. The van der Waals surface area contributed by atoms with Gasteiger partial charge in [0.1, 0.15) is 23.9 Å². The van der Waals surface area contributed by atoms with E-state index in [-0.39, 0.29) is 37.3 Å². The van der Waals surface area contributed by atoms with Gasteiger partial charge in [0.25, 0.3) is 0 Å². The van der Waals surface area contributed by atoms with E-state index in [1.165, 1.54) is 13.3 Å². The molecule has 2 aromatic heterocycles. The Morgan fingerprint density at radius 2 is 2.09 bits per heavy atom. The van der Waals surface area contributed by atoms with Crippen molar-refractivity contribution in [3.05, 3.63) is 36.7 Å². The van der Waals surface area contributed by atoms with E-state index in [4.69, 9.17) is 34.7 Å². The number of nitrogen functional groups attached to an aromatic ring is 2. The molecule has 0 saturated carbocycles. The van der Waals surface area contributed by atoms with Gasteiger partial charge in [-0.05, 0) is 26.0 Å². The number of ether oxygens (including phenoxy) is 3. The van der Waals surface area contributed by atoms with E-state index in [2.05, 4.69) is 20.0 Å². The van der Waals surface area contributed by atoms with Gasteiger partial charge in [0.15, 0.2) is 24.0 Å². The Morgan fingerprint density at radius 3 is 2.83 bits per heavy atom. The Hall–Kier alpha value is -3.29. The van der Waals surface area contributed by atoms with Gasteiger partial charge >= 0.3 is 13.7 Å². The topological polar surface area (TPSA) is 188 Å². The number of fused-ring (bicyclic) bond motifs is 1. The molecule has 1 aromatic carbocycles. The van der Waals surface area contributed by atoms with Crippen LogP contribution in [-0.4, -0.2) is 57.6 Å². The Kier molecular flexibility index (Phi) is 7.48. The molecule has 0 spiro atoms. The smallest absolute Gasteiger partial charge is 0.459 e. The van der Waals surface area contributed by atoms with Gasteiger partial charge in [0.05, 0.1) is 19.5 Å². The molecule has 0 amide bonds. The number of anilines is 2. The van der Waals surface area contributed by atoms with Crippen molar-refractivity contribution >= 4 is 36.6 Å². The first-order chi connectivity index (χ1) is 16.8. The molecule has 3 aromatic rings. The molecule has 4 rings (SSSR count). The van der Waals surface area contributed by atoms with E-state index in [9.17, 15) is 9.36 Å². The third-order valence-electron chi connectivity index (χ3n) is 4.85. The molecule has 2 unspecified atom stereocenters. The van der Waals surface area contributed by atoms with E-state index in [0.717, 1.165) is 0 Å². The fraction of sp³-hybridized carbons (Fsp3) is 0.400. The summed E-state index contributed by atoms with van der Waals surface area (Å²) in [6.45, 7) is 3.19. The number of carbonyl (C=O) groups excluding carboxylic acids is 1. The van der Waals surface area contributed by atoms with Crippen molar-refractivity contribution < 1.29 is 32.6 Å². The highest BCUT2D eigenvalue weighted by atomic mass is 31.2. The SMILES string of the molecule is CCOC(=O)[C@@H](C)NP(=O)(OCC1OC[C@H](n2cnc3c(N)nc(N)nc32)O1)Oc1ccccc1. The largest absolute Gasteiger partial charge is 0.465 e. The van der Waals surface area contributed by atoms with Crippen LogP contribution in [0, 0.1) is 0 Å². The average Bonchev–Trinajstić information content (AvgIpc) is 3.45. The Bertz CT molecular complexity index is 1230. The van der Waals surface area contributed by atoms with Gasteiger partial charge in [-0.2, -0.15) is 15.1 Å². The monoisotopic (exact) mass is 507 g/mol. The molecule has 1 fully saturated rings. The maximum atomic E-state index is 13.5. The highest BCUT2D eigenvalue weighted by Gasteiger charge is 2.36. The van der Waals surface area contributed by atoms with Crippen LogP contribution < -0.4 is 21.1 Å². The molecule has 4 atom stereocenters. The molecule has 1 aliphatic rings. The van der Waals surface area contributed by atoms with Crippen LogP contribution in [0.4, 0.5) is 11.8 Å².